The first-order valence-electron chi connectivity index (χ1n) is 5.62. The van der Waals surface area contributed by atoms with Crippen LogP contribution in [-0.4, -0.2) is 19.3 Å². The van der Waals surface area contributed by atoms with Crippen molar-refractivity contribution in [3.8, 4) is 6.07 Å². The smallest absolute Gasteiger partial charge is 0.359 e. The Morgan fingerprint density at radius 2 is 1.81 bits per heavy atom. The maximum atomic E-state index is 12.8. The number of alkyl halides is 6. The van der Waals surface area contributed by atoms with Gasteiger partial charge in [-0.2, -0.15) is 31.6 Å². The van der Waals surface area contributed by atoms with Gasteiger partial charge in [-0.25, -0.2) is 0 Å². The molecular weight excluding hydrogens is 298 g/mol. The average Bonchev–Trinajstić information content (AvgIpc) is 2.35. The highest BCUT2D eigenvalue weighted by Gasteiger charge is 2.35. The number of nitriles is 1. The summed E-state index contributed by atoms with van der Waals surface area (Å²) < 4.78 is 75.7. The summed E-state index contributed by atoms with van der Waals surface area (Å²) >= 11 is 0. The molecule has 0 aliphatic heterocycles. The number of halogens is 6. The van der Waals surface area contributed by atoms with E-state index in [1.807, 2.05) is 0 Å². The Hall–Kier alpha value is -2.17. The Labute approximate surface area is 116 Å². The van der Waals surface area contributed by atoms with Gasteiger partial charge in [0.1, 0.15) is 6.54 Å². The molecule has 2 nitrogen and oxygen atoms in total. The molecule has 0 atom stereocenters. The highest BCUT2D eigenvalue weighted by atomic mass is 19.4. The number of benzene rings is 1. The van der Waals surface area contributed by atoms with Gasteiger partial charge in [0, 0.05) is 12.2 Å². The van der Waals surface area contributed by atoms with Crippen molar-refractivity contribution >= 4 is 5.69 Å². The maximum absolute atomic E-state index is 12.8. The van der Waals surface area contributed by atoms with Crippen molar-refractivity contribution in [3.05, 3.63) is 42.0 Å². The van der Waals surface area contributed by atoms with Crippen molar-refractivity contribution in [2.75, 3.05) is 18.0 Å². The van der Waals surface area contributed by atoms with Crippen LogP contribution in [0.2, 0.25) is 0 Å². The van der Waals surface area contributed by atoms with Gasteiger partial charge in [-0.3, -0.25) is 0 Å². The van der Waals surface area contributed by atoms with E-state index in [9.17, 15) is 26.3 Å². The Balaban J connectivity index is 3.28. The standard InChI is InChI=1S/C13H10F6N2/c1-2-5-21(8-12(14,15)16)10-4-3-9(7-20)11(6-10)13(17,18)19/h2-4,6H,1,5,8H2. The molecule has 1 aromatic rings. The van der Waals surface area contributed by atoms with Crippen LogP contribution in [0, 0.1) is 11.3 Å². The van der Waals surface area contributed by atoms with Crippen LogP contribution in [0.4, 0.5) is 32.0 Å². The first-order chi connectivity index (χ1) is 9.58. The average molecular weight is 308 g/mol. The van der Waals surface area contributed by atoms with Gasteiger partial charge in [0.25, 0.3) is 0 Å². The predicted molar refractivity (Wildman–Crippen MR) is 64.6 cm³/mol. The van der Waals surface area contributed by atoms with E-state index >= 15 is 0 Å². The summed E-state index contributed by atoms with van der Waals surface area (Å²) in [4.78, 5) is 0.698. The minimum absolute atomic E-state index is 0.275. The molecule has 0 N–H and O–H groups in total. The summed E-state index contributed by atoms with van der Waals surface area (Å²) in [5, 5.41) is 8.64. The van der Waals surface area contributed by atoms with Crippen molar-refractivity contribution in [2.45, 2.75) is 12.4 Å². The summed E-state index contributed by atoms with van der Waals surface area (Å²) in [7, 11) is 0. The highest BCUT2D eigenvalue weighted by molar-refractivity contribution is 5.55. The van der Waals surface area contributed by atoms with Crippen molar-refractivity contribution in [2.24, 2.45) is 0 Å². The van der Waals surface area contributed by atoms with E-state index in [1.54, 1.807) is 0 Å². The molecule has 0 unspecified atom stereocenters. The minimum Gasteiger partial charge on any atom is -0.359 e. The normalized spacial score (nSPS) is 11.9. The van der Waals surface area contributed by atoms with E-state index < -0.39 is 30.0 Å². The quantitative estimate of drug-likeness (QED) is 0.617. The van der Waals surface area contributed by atoms with Gasteiger partial charge < -0.3 is 4.90 Å². The number of anilines is 1. The molecule has 0 aromatic heterocycles. The molecule has 0 aliphatic carbocycles. The number of rotatable bonds is 4. The third-order valence-corrected chi connectivity index (χ3v) is 2.51. The molecule has 21 heavy (non-hydrogen) atoms. The van der Waals surface area contributed by atoms with Gasteiger partial charge in [-0.15, -0.1) is 6.58 Å². The molecule has 0 spiro atoms. The molecule has 8 heteroatoms. The zero-order valence-electron chi connectivity index (χ0n) is 10.6. The maximum Gasteiger partial charge on any atom is 0.417 e. The first-order valence-corrected chi connectivity index (χ1v) is 5.62. The Bertz CT molecular complexity index is 553. The molecule has 0 saturated carbocycles. The second-order valence-electron chi connectivity index (χ2n) is 4.12. The molecule has 0 heterocycles. The van der Waals surface area contributed by atoms with Crippen LogP contribution in [0.3, 0.4) is 0 Å². The summed E-state index contributed by atoms with van der Waals surface area (Å²) in [6.07, 6.45) is -8.24. The zero-order chi connectivity index (χ0) is 16.3. The summed E-state index contributed by atoms with van der Waals surface area (Å²) in [6, 6.07) is 3.80. The van der Waals surface area contributed by atoms with E-state index in [-0.39, 0.29) is 12.2 Å². The van der Waals surface area contributed by atoms with E-state index in [0.717, 1.165) is 18.2 Å². The molecule has 1 rings (SSSR count). The molecule has 0 saturated heterocycles. The lowest BCUT2D eigenvalue weighted by atomic mass is 10.1. The Kier molecular flexibility index (Phi) is 4.88. The molecule has 0 fully saturated rings. The Morgan fingerprint density at radius 1 is 1.19 bits per heavy atom. The predicted octanol–water partition coefficient (Wildman–Crippen LogP) is 4.13. The molecule has 0 amide bonds. The highest BCUT2D eigenvalue weighted by Crippen LogP contribution is 2.35. The number of hydrogen-bond acceptors (Lipinski definition) is 2. The van der Waals surface area contributed by atoms with E-state index in [0.29, 0.717) is 11.0 Å². The number of nitrogens with zero attached hydrogens (tertiary/aromatic N) is 2. The molecule has 0 radical (unpaired) electrons. The number of hydrogen-bond donors (Lipinski definition) is 0. The van der Waals surface area contributed by atoms with Crippen LogP contribution < -0.4 is 4.90 Å². The fraction of sp³-hybridized carbons (Fsp3) is 0.308. The van der Waals surface area contributed by atoms with Gasteiger partial charge in [-0.1, -0.05) is 6.08 Å². The van der Waals surface area contributed by atoms with Gasteiger partial charge in [0.15, 0.2) is 0 Å². The lowest BCUT2D eigenvalue weighted by Gasteiger charge is -2.25. The lowest BCUT2D eigenvalue weighted by molar-refractivity contribution is -0.137. The van der Waals surface area contributed by atoms with Crippen molar-refractivity contribution in [1.29, 1.82) is 5.26 Å². The van der Waals surface area contributed by atoms with Crippen molar-refractivity contribution in [3.63, 3.8) is 0 Å². The van der Waals surface area contributed by atoms with Crippen molar-refractivity contribution in [1.82, 2.24) is 0 Å². The van der Waals surface area contributed by atoms with Gasteiger partial charge >= 0.3 is 12.4 Å². The van der Waals surface area contributed by atoms with Gasteiger partial charge in [-0.05, 0) is 18.2 Å². The molecule has 0 aliphatic rings. The van der Waals surface area contributed by atoms with Gasteiger partial charge in [0.2, 0.25) is 0 Å². The zero-order valence-corrected chi connectivity index (χ0v) is 10.6. The van der Waals surface area contributed by atoms with E-state index in [2.05, 4.69) is 6.58 Å². The monoisotopic (exact) mass is 308 g/mol. The Morgan fingerprint density at radius 3 is 2.24 bits per heavy atom. The summed E-state index contributed by atoms with van der Waals surface area (Å²) in [5.74, 6) is 0. The first kappa shape index (κ1) is 16.9. The fourth-order valence-corrected chi connectivity index (χ4v) is 1.69. The third kappa shape index (κ3) is 4.70. The van der Waals surface area contributed by atoms with Crippen molar-refractivity contribution < 1.29 is 26.3 Å². The fourth-order valence-electron chi connectivity index (χ4n) is 1.69. The van der Waals surface area contributed by atoms with Crippen LogP contribution in [0.1, 0.15) is 11.1 Å². The second-order valence-corrected chi connectivity index (χ2v) is 4.12. The van der Waals surface area contributed by atoms with Crippen LogP contribution in [0.5, 0.6) is 0 Å². The largest absolute Gasteiger partial charge is 0.417 e. The van der Waals surface area contributed by atoms with Crippen LogP contribution in [0.25, 0.3) is 0 Å². The van der Waals surface area contributed by atoms with Gasteiger partial charge in [0.05, 0.1) is 17.2 Å². The molecule has 0 bridgehead atoms. The topological polar surface area (TPSA) is 27.0 Å². The van der Waals surface area contributed by atoms with E-state index in [1.165, 1.54) is 6.07 Å². The summed E-state index contributed by atoms with van der Waals surface area (Å²) in [5.41, 5.74) is -2.19. The van der Waals surface area contributed by atoms with Crippen LogP contribution in [-0.2, 0) is 6.18 Å². The molecular formula is C13H10F6N2. The van der Waals surface area contributed by atoms with Crippen LogP contribution >= 0.6 is 0 Å². The third-order valence-electron chi connectivity index (χ3n) is 2.51. The second kappa shape index (κ2) is 6.08. The van der Waals surface area contributed by atoms with Crippen LogP contribution in [0.15, 0.2) is 30.9 Å². The lowest BCUT2D eigenvalue weighted by Crippen LogP contribution is -2.34. The summed E-state index contributed by atoms with van der Waals surface area (Å²) in [6.45, 7) is 1.59. The van der Waals surface area contributed by atoms with E-state index in [4.69, 9.17) is 5.26 Å². The SMILES string of the molecule is C=CCN(CC(F)(F)F)c1ccc(C#N)c(C(F)(F)F)c1. The molecule has 1 aromatic carbocycles. The molecule has 114 valence electrons. The minimum atomic E-state index is -4.82.